The zero-order chi connectivity index (χ0) is 19.1. The Morgan fingerprint density at radius 1 is 1.00 bits per heavy atom. The summed E-state index contributed by atoms with van der Waals surface area (Å²) in [4.78, 5) is 25.4. The van der Waals surface area contributed by atoms with E-state index >= 15 is 0 Å². The van der Waals surface area contributed by atoms with Crippen LogP contribution in [0.2, 0.25) is 0 Å². The molecule has 0 aliphatic heterocycles. The number of hydrogen-bond donors (Lipinski definition) is 1. The first-order chi connectivity index (χ1) is 13.1. The number of nitrogens with one attached hydrogen (secondary N) is 1. The van der Waals surface area contributed by atoms with E-state index in [1.165, 1.54) is 23.7 Å². The number of benzene rings is 2. The van der Waals surface area contributed by atoms with Crippen LogP contribution in [-0.2, 0) is 9.53 Å². The fourth-order valence-corrected chi connectivity index (χ4v) is 3.77. The van der Waals surface area contributed by atoms with Gasteiger partial charge in [0.25, 0.3) is 0 Å². The number of ether oxygens (including phenoxy) is 1. The molecule has 142 valence electrons. The Hall–Kier alpha value is -2.27. The number of hydrogen-bond acceptors (Lipinski definition) is 4. The first kappa shape index (κ1) is 19.5. The molecule has 1 N–H and O–H groups in total. The second kappa shape index (κ2) is 9.60. The minimum Gasteiger partial charge on any atom is -0.459 e. The highest BCUT2D eigenvalue weighted by Crippen LogP contribution is 2.22. The third kappa shape index (κ3) is 6.14. The number of carbonyl (C=O) groups is 2. The van der Waals surface area contributed by atoms with Gasteiger partial charge in [0, 0.05) is 10.6 Å². The van der Waals surface area contributed by atoms with Crippen molar-refractivity contribution in [2.75, 3.05) is 11.1 Å². The van der Waals surface area contributed by atoms with Crippen LogP contribution in [0.4, 0.5) is 5.69 Å². The molecular weight excluding hydrogens is 358 g/mol. The molecule has 27 heavy (non-hydrogen) atoms. The summed E-state index contributed by atoms with van der Waals surface area (Å²) in [5.74, 6) is -0.0121. The fourth-order valence-electron chi connectivity index (χ4n) is 3.07. The second-order valence-electron chi connectivity index (χ2n) is 6.89. The van der Waals surface area contributed by atoms with E-state index in [0.717, 1.165) is 30.6 Å². The highest BCUT2D eigenvalue weighted by atomic mass is 32.2. The molecule has 4 nitrogen and oxygen atoms in total. The molecule has 5 heteroatoms. The van der Waals surface area contributed by atoms with Crippen molar-refractivity contribution in [3.8, 4) is 0 Å². The van der Waals surface area contributed by atoms with Gasteiger partial charge in [0.05, 0.1) is 11.3 Å². The molecule has 3 rings (SSSR count). The smallest absolute Gasteiger partial charge is 0.338 e. The van der Waals surface area contributed by atoms with Gasteiger partial charge in [-0.25, -0.2) is 4.79 Å². The molecule has 0 bridgehead atoms. The number of carbonyl (C=O) groups excluding carboxylic acids is 2. The Morgan fingerprint density at radius 2 is 1.67 bits per heavy atom. The van der Waals surface area contributed by atoms with Crippen molar-refractivity contribution >= 4 is 29.3 Å². The average molecular weight is 384 g/mol. The molecule has 0 aromatic heterocycles. The van der Waals surface area contributed by atoms with Gasteiger partial charge in [-0.15, -0.1) is 11.8 Å². The van der Waals surface area contributed by atoms with Gasteiger partial charge < -0.3 is 10.1 Å². The molecule has 1 amide bonds. The summed E-state index contributed by atoms with van der Waals surface area (Å²) in [5.41, 5.74) is 2.40. The lowest BCUT2D eigenvalue weighted by Gasteiger charge is -2.21. The number of rotatable bonds is 6. The summed E-state index contributed by atoms with van der Waals surface area (Å²) in [5, 5.41) is 2.86. The van der Waals surface area contributed by atoms with Crippen molar-refractivity contribution < 1.29 is 14.3 Å². The van der Waals surface area contributed by atoms with E-state index in [1.54, 1.807) is 24.3 Å². The molecule has 1 fully saturated rings. The standard InChI is InChI=1S/C22H25NO3S/c1-16-7-13-20(14-8-16)27-15-21(24)23-18-11-9-17(10-12-18)22(25)26-19-5-3-2-4-6-19/h7-14,19H,2-6,15H2,1H3,(H,23,24). The second-order valence-corrected chi connectivity index (χ2v) is 7.94. The van der Waals surface area contributed by atoms with Crippen LogP contribution in [0.15, 0.2) is 53.4 Å². The van der Waals surface area contributed by atoms with Gasteiger partial charge >= 0.3 is 5.97 Å². The Labute approximate surface area is 164 Å². The largest absolute Gasteiger partial charge is 0.459 e. The monoisotopic (exact) mass is 383 g/mol. The van der Waals surface area contributed by atoms with Crippen molar-refractivity contribution in [3.05, 3.63) is 59.7 Å². The van der Waals surface area contributed by atoms with Crippen LogP contribution in [-0.4, -0.2) is 23.7 Å². The number of thioether (sulfide) groups is 1. The summed E-state index contributed by atoms with van der Waals surface area (Å²) >= 11 is 1.50. The molecule has 0 spiro atoms. The molecule has 1 aliphatic carbocycles. The summed E-state index contributed by atoms with van der Waals surface area (Å²) in [6.07, 6.45) is 5.44. The summed E-state index contributed by atoms with van der Waals surface area (Å²) in [6.45, 7) is 2.04. The van der Waals surface area contributed by atoms with Crippen LogP contribution in [0, 0.1) is 6.92 Å². The number of esters is 1. The summed E-state index contributed by atoms with van der Waals surface area (Å²) in [7, 11) is 0. The van der Waals surface area contributed by atoms with Crippen molar-refractivity contribution in [2.45, 2.75) is 50.0 Å². The summed E-state index contributed by atoms with van der Waals surface area (Å²) < 4.78 is 5.56. The van der Waals surface area contributed by atoms with Crippen LogP contribution in [0.25, 0.3) is 0 Å². The number of amides is 1. The Kier molecular flexibility index (Phi) is 6.93. The lowest BCUT2D eigenvalue weighted by Crippen LogP contribution is -2.21. The Balaban J connectivity index is 1.47. The van der Waals surface area contributed by atoms with Crippen molar-refractivity contribution in [1.29, 1.82) is 0 Å². The predicted molar refractivity (Wildman–Crippen MR) is 109 cm³/mol. The maximum absolute atomic E-state index is 12.2. The van der Waals surface area contributed by atoms with E-state index < -0.39 is 0 Å². The van der Waals surface area contributed by atoms with Crippen molar-refractivity contribution in [2.24, 2.45) is 0 Å². The van der Waals surface area contributed by atoms with Crippen LogP contribution in [0.1, 0.15) is 48.0 Å². The predicted octanol–water partition coefficient (Wildman–Crippen LogP) is 5.22. The first-order valence-electron chi connectivity index (χ1n) is 9.40. The summed E-state index contributed by atoms with van der Waals surface area (Å²) in [6, 6.07) is 15.0. The van der Waals surface area contributed by atoms with Crippen LogP contribution < -0.4 is 5.32 Å². The van der Waals surface area contributed by atoms with Crippen molar-refractivity contribution in [3.63, 3.8) is 0 Å². The molecular formula is C22H25NO3S. The molecule has 1 aliphatic rings. The molecule has 2 aromatic carbocycles. The molecule has 0 atom stereocenters. The van der Waals surface area contributed by atoms with Gasteiger partial charge in [-0.2, -0.15) is 0 Å². The van der Waals surface area contributed by atoms with Crippen LogP contribution in [0.3, 0.4) is 0 Å². The van der Waals surface area contributed by atoms with Crippen LogP contribution >= 0.6 is 11.8 Å². The zero-order valence-corrected chi connectivity index (χ0v) is 16.4. The van der Waals surface area contributed by atoms with Crippen LogP contribution in [0.5, 0.6) is 0 Å². The lowest BCUT2D eigenvalue weighted by atomic mass is 9.98. The number of anilines is 1. The van der Waals surface area contributed by atoms with E-state index in [4.69, 9.17) is 4.74 Å². The average Bonchev–Trinajstić information content (AvgIpc) is 2.69. The minimum atomic E-state index is -0.283. The van der Waals surface area contributed by atoms with Gasteiger partial charge in [-0.3, -0.25) is 4.79 Å². The van der Waals surface area contributed by atoms with E-state index in [2.05, 4.69) is 5.32 Å². The van der Waals surface area contributed by atoms with E-state index in [9.17, 15) is 9.59 Å². The molecule has 0 radical (unpaired) electrons. The van der Waals surface area contributed by atoms with E-state index in [1.807, 2.05) is 31.2 Å². The highest BCUT2D eigenvalue weighted by molar-refractivity contribution is 8.00. The van der Waals surface area contributed by atoms with Crippen molar-refractivity contribution in [1.82, 2.24) is 0 Å². The maximum Gasteiger partial charge on any atom is 0.338 e. The topological polar surface area (TPSA) is 55.4 Å². The van der Waals surface area contributed by atoms with Gasteiger partial charge in [0.1, 0.15) is 6.10 Å². The third-order valence-electron chi connectivity index (χ3n) is 4.62. The zero-order valence-electron chi connectivity index (χ0n) is 15.6. The Morgan fingerprint density at radius 3 is 2.33 bits per heavy atom. The SMILES string of the molecule is Cc1ccc(SCC(=O)Nc2ccc(C(=O)OC3CCCCC3)cc2)cc1. The lowest BCUT2D eigenvalue weighted by molar-refractivity contribution is -0.113. The quantitative estimate of drug-likeness (QED) is 0.549. The minimum absolute atomic E-state index is 0.0458. The van der Waals surface area contributed by atoms with Gasteiger partial charge in [-0.05, 0) is 69.0 Å². The van der Waals surface area contributed by atoms with E-state index in [0.29, 0.717) is 17.0 Å². The molecule has 0 saturated heterocycles. The normalized spacial score (nSPS) is 14.6. The first-order valence-corrected chi connectivity index (χ1v) is 10.4. The van der Waals surface area contributed by atoms with Gasteiger partial charge in [-0.1, -0.05) is 24.1 Å². The van der Waals surface area contributed by atoms with Gasteiger partial charge in [0.2, 0.25) is 5.91 Å². The third-order valence-corrected chi connectivity index (χ3v) is 5.63. The maximum atomic E-state index is 12.2. The number of aryl methyl sites for hydroxylation is 1. The Bertz CT molecular complexity index is 765. The molecule has 1 saturated carbocycles. The molecule has 0 heterocycles. The molecule has 2 aromatic rings. The highest BCUT2D eigenvalue weighted by Gasteiger charge is 2.18. The van der Waals surface area contributed by atoms with Gasteiger partial charge in [0.15, 0.2) is 0 Å². The van der Waals surface area contributed by atoms with E-state index in [-0.39, 0.29) is 18.0 Å². The fraction of sp³-hybridized carbons (Fsp3) is 0.364. The molecule has 0 unspecified atom stereocenters.